The van der Waals surface area contributed by atoms with Crippen LogP contribution >= 0.6 is 0 Å². The van der Waals surface area contributed by atoms with Gasteiger partial charge in [0.2, 0.25) is 15.9 Å². The van der Waals surface area contributed by atoms with Gasteiger partial charge in [0.1, 0.15) is 5.75 Å². The third kappa shape index (κ3) is 5.43. The molecule has 3 rings (SSSR count). The maximum atomic E-state index is 12.5. The average molecular weight is 396 g/mol. The van der Waals surface area contributed by atoms with Gasteiger partial charge in [-0.1, -0.05) is 6.92 Å². The summed E-state index contributed by atoms with van der Waals surface area (Å²) in [7, 11) is -2.09. The molecule has 0 bridgehead atoms. The highest BCUT2D eigenvalue weighted by molar-refractivity contribution is 7.89. The first-order valence-corrected chi connectivity index (χ1v) is 11.1. The zero-order valence-corrected chi connectivity index (χ0v) is 16.8. The first kappa shape index (κ1) is 20.1. The number of carbonyl (C=O) groups excluding carboxylic acids is 1. The van der Waals surface area contributed by atoms with Crippen molar-refractivity contribution in [1.82, 2.24) is 10.0 Å². The number of nitrogens with one attached hydrogen (secondary N) is 3. The Hall–Kier alpha value is -1.64. The van der Waals surface area contributed by atoms with Crippen molar-refractivity contribution in [2.45, 2.75) is 50.0 Å². The SMILES string of the molecule is COc1ccc(S(=O)(=O)NC2CC2)cc1NC(=O)CC(C)C1CCCNC1. The summed E-state index contributed by atoms with van der Waals surface area (Å²) in [5.74, 6) is 1.06. The van der Waals surface area contributed by atoms with Crippen molar-refractivity contribution >= 4 is 21.6 Å². The monoisotopic (exact) mass is 395 g/mol. The van der Waals surface area contributed by atoms with Gasteiger partial charge >= 0.3 is 0 Å². The van der Waals surface area contributed by atoms with Crippen LogP contribution < -0.4 is 20.1 Å². The zero-order valence-electron chi connectivity index (χ0n) is 16.0. The second-order valence-corrected chi connectivity index (χ2v) is 9.31. The number of anilines is 1. The largest absolute Gasteiger partial charge is 0.495 e. The summed E-state index contributed by atoms with van der Waals surface area (Å²) in [6.07, 6.45) is 4.40. The van der Waals surface area contributed by atoms with Crippen LogP contribution in [0.4, 0.5) is 5.69 Å². The van der Waals surface area contributed by atoms with E-state index in [4.69, 9.17) is 4.74 Å². The van der Waals surface area contributed by atoms with Crippen molar-refractivity contribution in [1.29, 1.82) is 0 Å². The maximum absolute atomic E-state index is 12.5. The van der Waals surface area contributed by atoms with Gasteiger partial charge in [0, 0.05) is 12.5 Å². The molecule has 2 atom stereocenters. The molecule has 1 saturated carbocycles. The molecule has 1 aliphatic heterocycles. The van der Waals surface area contributed by atoms with Gasteiger partial charge in [-0.25, -0.2) is 13.1 Å². The summed E-state index contributed by atoms with van der Waals surface area (Å²) >= 11 is 0. The number of hydrogen-bond acceptors (Lipinski definition) is 5. The van der Waals surface area contributed by atoms with Gasteiger partial charge in [-0.3, -0.25) is 4.79 Å². The fourth-order valence-corrected chi connectivity index (χ4v) is 4.80. The lowest BCUT2D eigenvalue weighted by molar-refractivity contribution is -0.117. The van der Waals surface area contributed by atoms with E-state index in [1.165, 1.54) is 19.2 Å². The molecule has 0 spiro atoms. The Labute approximate surface area is 161 Å². The minimum atomic E-state index is -3.59. The van der Waals surface area contributed by atoms with Crippen molar-refractivity contribution in [3.8, 4) is 5.75 Å². The van der Waals surface area contributed by atoms with Gasteiger partial charge in [0.15, 0.2) is 0 Å². The number of ether oxygens (including phenoxy) is 1. The zero-order chi connectivity index (χ0) is 19.4. The van der Waals surface area contributed by atoms with E-state index in [0.717, 1.165) is 38.8 Å². The van der Waals surface area contributed by atoms with E-state index in [1.54, 1.807) is 6.07 Å². The molecule has 8 heteroatoms. The van der Waals surface area contributed by atoms with Gasteiger partial charge in [-0.15, -0.1) is 0 Å². The molecular weight excluding hydrogens is 366 g/mol. The number of amides is 1. The van der Waals surface area contributed by atoms with E-state index < -0.39 is 10.0 Å². The van der Waals surface area contributed by atoms with Crippen LogP contribution in [0.25, 0.3) is 0 Å². The standard InChI is InChI=1S/C19H29N3O4S/c1-13(14-4-3-9-20-12-14)10-19(23)21-17-11-16(7-8-18(17)26-2)27(24,25)22-15-5-6-15/h7-8,11,13-15,20,22H,3-6,9-10,12H2,1-2H3,(H,21,23). The summed E-state index contributed by atoms with van der Waals surface area (Å²) in [6, 6.07) is 4.56. The second-order valence-electron chi connectivity index (χ2n) is 7.59. The Morgan fingerprint density at radius 1 is 1.33 bits per heavy atom. The molecule has 1 aromatic rings. The van der Waals surface area contributed by atoms with Crippen LogP contribution in [0.15, 0.2) is 23.1 Å². The highest BCUT2D eigenvalue weighted by Crippen LogP contribution is 2.30. The Morgan fingerprint density at radius 3 is 2.74 bits per heavy atom. The van der Waals surface area contributed by atoms with Crippen molar-refractivity contribution in [2.75, 3.05) is 25.5 Å². The summed E-state index contributed by atoms with van der Waals surface area (Å²) < 4.78 is 32.8. The molecule has 7 nitrogen and oxygen atoms in total. The number of carbonyl (C=O) groups is 1. The normalized spacial score (nSPS) is 21.5. The predicted octanol–water partition coefficient (Wildman–Crippen LogP) is 2.10. The molecule has 2 unspecified atom stereocenters. The van der Waals surface area contributed by atoms with E-state index >= 15 is 0 Å². The van der Waals surface area contributed by atoms with Crippen LogP contribution in [0.3, 0.4) is 0 Å². The highest BCUT2D eigenvalue weighted by Gasteiger charge is 2.28. The van der Waals surface area contributed by atoms with E-state index in [-0.39, 0.29) is 22.8 Å². The van der Waals surface area contributed by atoms with Gasteiger partial charge in [0.05, 0.1) is 17.7 Å². The minimum Gasteiger partial charge on any atom is -0.495 e. The molecule has 1 saturated heterocycles. The van der Waals surface area contributed by atoms with Crippen LogP contribution in [0.5, 0.6) is 5.75 Å². The Bertz CT molecular complexity index is 771. The number of hydrogen-bond donors (Lipinski definition) is 3. The van der Waals surface area contributed by atoms with Crippen molar-refractivity contribution in [3.05, 3.63) is 18.2 Å². The smallest absolute Gasteiger partial charge is 0.240 e. The molecule has 3 N–H and O–H groups in total. The molecule has 0 radical (unpaired) electrons. The molecule has 1 heterocycles. The lowest BCUT2D eigenvalue weighted by Crippen LogP contribution is -2.34. The Morgan fingerprint density at radius 2 is 2.11 bits per heavy atom. The minimum absolute atomic E-state index is 0.0279. The molecule has 0 aromatic heterocycles. The van der Waals surface area contributed by atoms with Gasteiger partial charge in [-0.05, 0) is 68.8 Å². The first-order valence-electron chi connectivity index (χ1n) is 9.60. The summed E-state index contributed by atoms with van der Waals surface area (Å²) in [4.78, 5) is 12.7. The number of sulfonamides is 1. The van der Waals surface area contributed by atoms with Gasteiger partial charge < -0.3 is 15.4 Å². The van der Waals surface area contributed by atoms with Crippen LogP contribution in [-0.4, -0.2) is 40.6 Å². The maximum Gasteiger partial charge on any atom is 0.240 e. The number of piperidine rings is 1. The summed E-state index contributed by atoms with van der Waals surface area (Å²) in [5, 5.41) is 6.21. The predicted molar refractivity (Wildman–Crippen MR) is 104 cm³/mol. The molecule has 27 heavy (non-hydrogen) atoms. The molecule has 150 valence electrons. The summed E-state index contributed by atoms with van der Waals surface area (Å²) in [5.41, 5.74) is 0.384. The fraction of sp³-hybridized carbons (Fsp3) is 0.632. The molecule has 2 fully saturated rings. The van der Waals surface area contributed by atoms with Crippen LogP contribution in [-0.2, 0) is 14.8 Å². The Kier molecular flexibility index (Phi) is 6.39. The molecule has 2 aliphatic rings. The van der Waals surface area contributed by atoms with Crippen molar-refractivity contribution in [3.63, 3.8) is 0 Å². The third-order valence-corrected chi connectivity index (χ3v) is 6.82. The lowest BCUT2D eigenvalue weighted by Gasteiger charge is -2.28. The van der Waals surface area contributed by atoms with E-state index in [2.05, 4.69) is 22.3 Å². The van der Waals surface area contributed by atoms with Crippen LogP contribution in [0, 0.1) is 11.8 Å². The average Bonchev–Trinajstić information content (AvgIpc) is 3.45. The lowest BCUT2D eigenvalue weighted by atomic mass is 9.85. The first-order chi connectivity index (χ1) is 12.9. The van der Waals surface area contributed by atoms with E-state index in [9.17, 15) is 13.2 Å². The van der Waals surface area contributed by atoms with E-state index in [0.29, 0.717) is 23.8 Å². The highest BCUT2D eigenvalue weighted by atomic mass is 32.2. The quantitative estimate of drug-likeness (QED) is 0.626. The fourth-order valence-electron chi connectivity index (χ4n) is 3.47. The van der Waals surface area contributed by atoms with Crippen LogP contribution in [0.1, 0.15) is 39.0 Å². The third-order valence-electron chi connectivity index (χ3n) is 5.30. The number of benzene rings is 1. The summed E-state index contributed by atoms with van der Waals surface area (Å²) in [6.45, 7) is 4.08. The molecule has 1 aromatic carbocycles. The topological polar surface area (TPSA) is 96.5 Å². The van der Waals surface area contributed by atoms with Gasteiger partial charge in [0.25, 0.3) is 0 Å². The van der Waals surface area contributed by atoms with Gasteiger partial charge in [-0.2, -0.15) is 0 Å². The number of rotatable bonds is 8. The second kappa shape index (κ2) is 8.58. The van der Waals surface area contributed by atoms with E-state index in [1.807, 2.05) is 0 Å². The van der Waals surface area contributed by atoms with Crippen molar-refractivity contribution < 1.29 is 17.9 Å². The molecule has 1 aliphatic carbocycles. The van der Waals surface area contributed by atoms with Crippen molar-refractivity contribution in [2.24, 2.45) is 11.8 Å². The molecule has 1 amide bonds. The van der Waals surface area contributed by atoms with Crippen LogP contribution in [0.2, 0.25) is 0 Å². The molecular formula is C19H29N3O4S. The Balaban J connectivity index is 1.68. The number of methoxy groups -OCH3 is 1.